The summed E-state index contributed by atoms with van der Waals surface area (Å²) in [6, 6.07) is 18.6. The molecule has 402 valence electrons. The van der Waals surface area contributed by atoms with Crippen molar-refractivity contribution >= 4 is 58.1 Å². The molecular formula is C49H52F6N8O10S2. The van der Waals surface area contributed by atoms with Crippen molar-refractivity contribution in [1.82, 2.24) is 35.7 Å². The third-order valence-corrected chi connectivity index (χ3v) is 13.3. The van der Waals surface area contributed by atoms with Gasteiger partial charge in [-0.3, -0.25) is 19.2 Å². The highest BCUT2D eigenvalue weighted by atomic mass is 32.1. The molecule has 75 heavy (non-hydrogen) atoms. The van der Waals surface area contributed by atoms with E-state index in [0.29, 0.717) is 42.5 Å². The number of alkyl carbamates (subject to hydrolysis) is 1. The van der Waals surface area contributed by atoms with Crippen molar-refractivity contribution in [2.24, 2.45) is 0 Å². The molecule has 7 rings (SSSR count). The highest BCUT2D eigenvalue weighted by Gasteiger charge is 2.36. The summed E-state index contributed by atoms with van der Waals surface area (Å²) >= 11 is 2.33. The maximum Gasteiger partial charge on any atom is 0.573 e. The van der Waals surface area contributed by atoms with Gasteiger partial charge in [-0.2, -0.15) is 0 Å². The van der Waals surface area contributed by atoms with Gasteiger partial charge in [0.2, 0.25) is 0 Å². The molecule has 3 aromatic carbocycles. The zero-order chi connectivity index (χ0) is 53.9. The summed E-state index contributed by atoms with van der Waals surface area (Å²) in [6.45, 7) is 6.76. The first kappa shape index (κ1) is 55.4. The fourth-order valence-electron chi connectivity index (χ4n) is 8.07. The van der Waals surface area contributed by atoms with Gasteiger partial charge in [-0.25, -0.2) is 14.8 Å². The summed E-state index contributed by atoms with van der Waals surface area (Å²) in [5, 5.41) is 12.2. The number of ether oxygens (including phenoxy) is 5. The van der Waals surface area contributed by atoms with Crippen LogP contribution in [0.15, 0.2) is 89.6 Å². The van der Waals surface area contributed by atoms with E-state index in [0.717, 1.165) is 41.3 Å². The molecule has 5 aromatic rings. The summed E-state index contributed by atoms with van der Waals surface area (Å²) in [5.41, 5.74) is 0.102. The molecule has 0 saturated carbocycles. The van der Waals surface area contributed by atoms with Gasteiger partial charge in [0.25, 0.3) is 23.6 Å². The minimum absolute atomic E-state index is 0.0144. The largest absolute Gasteiger partial charge is 0.573 e. The van der Waals surface area contributed by atoms with E-state index in [1.807, 2.05) is 37.3 Å². The number of nitrogens with one attached hydrogen (secondary N) is 3. The molecule has 5 amide bonds. The van der Waals surface area contributed by atoms with Gasteiger partial charge in [0.05, 0.1) is 13.1 Å². The molecule has 2 fully saturated rings. The van der Waals surface area contributed by atoms with Crippen molar-refractivity contribution in [3.05, 3.63) is 111 Å². The van der Waals surface area contributed by atoms with Crippen molar-refractivity contribution in [3.63, 3.8) is 0 Å². The van der Waals surface area contributed by atoms with E-state index >= 15 is 0 Å². The zero-order valence-corrected chi connectivity index (χ0v) is 42.2. The molecule has 4 heterocycles. The van der Waals surface area contributed by atoms with Crippen LogP contribution < -0.4 is 39.8 Å². The van der Waals surface area contributed by atoms with Gasteiger partial charge < -0.3 is 54.3 Å². The highest BCUT2D eigenvalue weighted by molar-refractivity contribution is 7.10. The molecule has 2 unspecified atom stereocenters. The molecule has 18 nitrogen and oxygen atoms in total. The minimum Gasteiger partial charge on any atom is -0.484 e. The number of halogens is 6. The van der Waals surface area contributed by atoms with E-state index in [9.17, 15) is 50.3 Å². The van der Waals surface area contributed by atoms with Crippen LogP contribution in [0.5, 0.6) is 23.0 Å². The quantitative estimate of drug-likeness (QED) is 0.0680. The number of hydrogen-bond donors (Lipinski definition) is 3. The smallest absolute Gasteiger partial charge is 0.484 e. The summed E-state index contributed by atoms with van der Waals surface area (Å²) in [7, 11) is 0. The second kappa shape index (κ2) is 24.3. The molecular weight excluding hydrogens is 1040 g/mol. The lowest BCUT2D eigenvalue weighted by Gasteiger charge is -2.41. The first-order chi connectivity index (χ1) is 35.5. The van der Waals surface area contributed by atoms with Crippen LogP contribution in [0.3, 0.4) is 0 Å². The summed E-state index contributed by atoms with van der Waals surface area (Å²) in [4.78, 5) is 80.7. The lowest BCUT2D eigenvalue weighted by Crippen LogP contribution is -2.53. The predicted molar refractivity (Wildman–Crippen MR) is 260 cm³/mol. The third-order valence-electron chi connectivity index (χ3n) is 11.6. The number of likely N-dealkylation sites (tertiary alicyclic amines) is 1. The number of nitrogens with zero attached hydrogens (tertiary/aromatic N) is 5. The number of carbonyl (C=O) groups excluding carboxylic acids is 5. The number of piperazine rings is 1. The minimum atomic E-state index is -4.93. The van der Waals surface area contributed by atoms with Crippen LogP contribution in [0.25, 0.3) is 0 Å². The summed E-state index contributed by atoms with van der Waals surface area (Å²) in [6.07, 6.45) is -11.4. The van der Waals surface area contributed by atoms with Crippen LogP contribution in [0.4, 0.5) is 36.8 Å². The van der Waals surface area contributed by atoms with E-state index < -0.39 is 66.5 Å². The van der Waals surface area contributed by atoms with Gasteiger partial charge in [-0.1, -0.05) is 18.2 Å². The van der Waals surface area contributed by atoms with E-state index in [-0.39, 0.29) is 73.3 Å². The van der Waals surface area contributed by atoms with Crippen LogP contribution in [-0.4, -0.2) is 125 Å². The Morgan fingerprint density at radius 2 is 1.23 bits per heavy atom. The number of thiazole rings is 2. The number of amides is 5. The van der Waals surface area contributed by atoms with Crippen LogP contribution in [0, 0.1) is 0 Å². The number of carbonyl (C=O) groups is 5. The van der Waals surface area contributed by atoms with Gasteiger partial charge >= 0.3 is 18.8 Å². The molecule has 3 N–H and O–H groups in total. The number of anilines is 1. The normalized spacial score (nSPS) is 15.9. The van der Waals surface area contributed by atoms with Crippen LogP contribution in [0.2, 0.25) is 0 Å². The van der Waals surface area contributed by atoms with Crippen LogP contribution in [-0.2, 0) is 27.4 Å². The number of benzene rings is 3. The van der Waals surface area contributed by atoms with Gasteiger partial charge in [0.1, 0.15) is 50.0 Å². The molecule has 2 aromatic heterocycles. The van der Waals surface area contributed by atoms with E-state index in [4.69, 9.17) is 14.2 Å². The van der Waals surface area contributed by atoms with Gasteiger partial charge in [0, 0.05) is 67.7 Å². The summed E-state index contributed by atoms with van der Waals surface area (Å²) < 4.78 is 101. The van der Waals surface area contributed by atoms with Crippen molar-refractivity contribution in [1.29, 1.82) is 0 Å². The topological polar surface area (TPSA) is 203 Å². The van der Waals surface area contributed by atoms with Crippen molar-refractivity contribution < 1.29 is 74.0 Å². The van der Waals surface area contributed by atoms with E-state index in [1.54, 1.807) is 34.4 Å². The van der Waals surface area contributed by atoms with Gasteiger partial charge in [0.15, 0.2) is 12.7 Å². The van der Waals surface area contributed by atoms with E-state index in [1.165, 1.54) is 35.6 Å². The second-order valence-corrected chi connectivity index (χ2v) is 19.8. The average Bonchev–Trinajstić information content (AvgIpc) is 4.05. The molecule has 0 bridgehead atoms. The monoisotopic (exact) mass is 1090 g/mol. The first-order valence-electron chi connectivity index (χ1n) is 23.4. The molecule has 26 heteroatoms. The Kier molecular flexibility index (Phi) is 18.0. The SMILES string of the molecule is CC1CN(C(=O)c2csc(CNC(=O)C(CC(C)(C)OC(=O)NC3CCN(C(=O)c4csc(CNC(=O)COc5ccc(OC(F)(F)F)cc5)n4)CC3)Oc3ccc(OC(F)(F)F)cc3)n2)CCN1c1ccccc1. The molecule has 2 atom stereocenters. The number of aromatic nitrogens is 2. The van der Waals surface area contributed by atoms with Gasteiger partial charge in [-0.05, 0) is 94.3 Å². The molecule has 0 radical (unpaired) electrons. The fraction of sp³-hybridized carbons (Fsp3) is 0.408. The number of alkyl halides is 6. The second-order valence-electron chi connectivity index (χ2n) is 17.9. The highest BCUT2D eigenvalue weighted by Crippen LogP contribution is 2.29. The standard InChI is InChI=1S/C49H52F6N8O10S2/c1-30-26-62(21-22-63(30)32-7-5-4-6-8-32)45(67)38-29-75-42(60-38)25-57-43(65)39(70-34-11-15-36(16-12-34)72-49(53,54)55)23-47(2,3)73-46(68)58-31-17-19-61(20-18-31)44(66)37-28-74-41(59-37)24-56-40(64)27-69-33-9-13-35(14-10-33)71-48(50,51)52/h4-16,28-31,39H,17-27H2,1-3H3,(H,56,64)(H,57,65)(H,58,68). The zero-order valence-electron chi connectivity index (χ0n) is 40.6. The maximum atomic E-state index is 13.8. The Hall–Kier alpha value is -7.35. The first-order valence-corrected chi connectivity index (χ1v) is 25.1. The number of hydrogen-bond acceptors (Lipinski definition) is 15. The number of rotatable bonds is 19. The van der Waals surface area contributed by atoms with Crippen LogP contribution in [0.1, 0.15) is 71.0 Å². The Bertz CT molecular complexity index is 2740. The van der Waals surface area contributed by atoms with E-state index in [2.05, 4.69) is 40.3 Å². The van der Waals surface area contributed by atoms with Crippen LogP contribution >= 0.6 is 22.7 Å². The Morgan fingerprint density at radius 1 is 0.693 bits per heavy atom. The molecule has 2 saturated heterocycles. The van der Waals surface area contributed by atoms with Gasteiger partial charge in [-0.15, -0.1) is 49.0 Å². The fourth-order valence-corrected chi connectivity index (χ4v) is 9.49. The Balaban J connectivity index is 0.872. The lowest BCUT2D eigenvalue weighted by molar-refractivity contribution is -0.275. The average molecular weight is 1090 g/mol. The molecule has 0 spiro atoms. The van der Waals surface area contributed by atoms with Crippen molar-refractivity contribution in [2.45, 2.75) is 89.6 Å². The Labute approximate surface area is 434 Å². The number of piperidine rings is 1. The van der Waals surface area contributed by atoms with Crippen molar-refractivity contribution in [2.75, 3.05) is 44.2 Å². The molecule has 0 aliphatic carbocycles. The Morgan fingerprint density at radius 3 is 1.79 bits per heavy atom. The van der Waals surface area contributed by atoms with Crippen molar-refractivity contribution in [3.8, 4) is 23.0 Å². The number of para-hydroxylation sites is 1. The summed E-state index contributed by atoms with van der Waals surface area (Å²) in [5.74, 6) is -2.59. The lowest BCUT2D eigenvalue weighted by atomic mass is 9.99. The molecule has 2 aliphatic heterocycles. The third kappa shape index (κ3) is 16.8. The maximum absolute atomic E-state index is 13.8. The predicted octanol–water partition coefficient (Wildman–Crippen LogP) is 7.71. The molecule has 2 aliphatic rings.